The van der Waals surface area contributed by atoms with Crippen LogP contribution in [0, 0.1) is 11.8 Å². The second kappa shape index (κ2) is 7.66. The second-order valence-electron chi connectivity index (χ2n) is 8.68. The van der Waals surface area contributed by atoms with Gasteiger partial charge in [0.1, 0.15) is 5.82 Å². The van der Waals surface area contributed by atoms with Crippen LogP contribution in [0.15, 0.2) is 41.6 Å². The molecule has 5 heterocycles. The molecule has 33 heavy (non-hydrogen) atoms. The van der Waals surface area contributed by atoms with Gasteiger partial charge in [0.05, 0.1) is 30.5 Å². The predicted octanol–water partition coefficient (Wildman–Crippen LogP) is 2.06. The maximum atomic E-state index is 12.4. The zero-order chi connectivity index (χ0) is 22.5. The van der Waals surface area contributed by atoms with E-state index in [1.54, 1.807) is 16.8 Å². The highest BCUT2D eigenvalue weighted by Crippen LogP contribution is 2.38. The second-order valence-corrected chi connectivity index (χ2v) is 8.68. The van der Waals surface area contributed by atoms with Gasteiger partial charge in [0.15, 0.2) is 11.5 Å². The van der Waals surface area contributed by atoms with E-state index in [9.17, 15) is 9.59 Å². The Balaban J connectivity index is 1.39. The highest BCUT2D eigenvalue weighted by atomic mass is 16.5. The van der Waals surface area contributed by atoms with Crippen molar-refractivity contribution in [1.82, 2.24) is 24.6 Å². The number of morpholine rings is 1. The SMILES string of the molecule is C[C@@H]1C[C@@H]1C(=O)Nc1cc2c(-c3nc4ccc(N5CCOCC5)cn4n3)c[nH]c(=O)c2cn1. The topological polar surface area (TPSA) is 118 Å². The summed E-state index contributed by atoms with van der Waals surface area (Å²) in [7, 11) is 0. The maximum Gasteiger partial charge on any atom is 0.257 e. The first-order valence-electron chi connectivity index (χ1n) is 11.1. The minimum Gasteiger partial charge on any atom is -0.378 e. The third kappa shape index (κ3) is 3.62. The summed E-state index contributed by atoms with van der Waals surface area (Å²) in [6.07, 6.45) is 5.93. The lowest BCUT2D eigenvalue weighted by Crippen LogP contribution is -2.36. The van der Waals surface area contributed by atoms with Crippen molar-refractivity contribution >= 4 is 33.8 Å². The summed E-state index contributed by atoms with van der Waals surface area (Å²) in [5, 5.41) is 8.60. The number of pyridine rings is 3. The number of amides is 1. The first-order valence-corrected chi connectivity index (χ1v) is 11.1. The fraction of sp³-hybridized carbons (Fsp3) is 0.348. The molecule has 2 aliphatic rings. The Morgan fingerprint density at radius 1 is 1.24 bits per heavy atom. The molecule has 1 aliphatic carbocycles. The summed E-state index contributed by atoms with van der Waals surface area (Å²) >= 11 is 0. The number of nitrogens with one attached hydrogen (secondary N) is 2. The monoisotopic (exact) mass is 445 g/mol. The van der Waals surface area contributed by atoms with Crippen molar-refractivity contribution in [3.05, 3.63) is 47.1 Å². The molecule has 0 unspecified atom stereocenters. The summed E-state index contributed by atoms with van der Waals surface area (Å²) in [4.78, 5) is 38.7. The molecule has 0 bridgehead atoms. The molecule has 2 atom stereocenters. The van der Waals surface area contributed by atoms with Gasteiger partial charge in [0.25, 0.3) is 5.56 Å². The number of H-pyrrole nitrogens is 1. The van der Waals surface area contributed by atoms with Gasteiger partial charge in [0, 0.05) is 42.4 Å². The van der Waals surface area contributed by atoms with Crippen molar-refractivity contribution < 1.29 is 9.53 Å². The number of nitrogens with zero attached hydrogens (tertiary/aromatic N) is 5. The number of rotatable bonds is 4. The molecule has 10 heteroatoms. The molecule has 6 rings (SSSR count). The molecule has 2 N–H and O–H groups in total. The number of hydrogen-bond donors (Lipinski definition) is 2. The quantitative estimate of drug-likeness (QED) is 0.494. The summed E-state index contributed by atoms with van der Waals surface area (Å²) in [6, 6.07) is 5.68. The Morgan fingerprint density at radius 2 is 2.06 bits per heavy atom. The van der Waals surface area contributed by atoms with E-state index in [0.717, 1.165) is 25.2 Å². The van der Waals surface area contributed by atoms with Gasteiger partial charge < -0.3 is 19.9 Å². The zero-order valence-electron chi connectivity index (χ0n) is 18.1. The van der Waals surface area contributed by atoms with Crippen LogP contribution in [0.3, 0.4) is 0 Å². The average molecular weight is 445 g/mol. The average Bonchev–Trinajstić information content (AvgIpc) is 3.42. The Morgan fingerprint density at radius 3 is 2.85 bits per heavy atom. The van der Waals surface area contributed by atoms with E-state index in [0.29, 0.717) is 52.8 Å². The van der Waals surface area contributed by atoms with E-state index in [4.69, 9.17) is 4.74 Å². The zero-order valence-corrected chi connectivity index (χ0v) is 18.1. The highest BCUT2D eigenvalue weighted by molar-refractivity contribution is 5.99. The Kier molecular flexibility index (Phi) is 4.61. The third-order valence-corrected chi connectivity index (χ3v) is 6.42. The summed E-state index contributed by atoms with van der Waals surface area (Å²) in [5.74, 6) is 1.28. The summed E-state index contributed by atoms with van der Waals surface area (Å²) in [5.41, 5.74) is 2.16. The summed E-state index contributed by atoms with van der Waals surface area (Å²) < 4.78 is 7.19. The Bertz CT molecular complexity index is 1440. The van der Waals surface area contributed by atoms with Crippen molar-refractivity contribution in [2.45, 2.75) is 13.3 Å². The lowest BCUT2D eigenvalue weighted by atomic mass is 10.1. The van der Waals surface area contributed by atoms with Crippen LogP contribution < -0.4 is 15.8 Å². The fourth-order valence-electron chi connectivity index (χ4n) is 4.31. The molecule has 0 spiro atoms. The Hall–Kier alpha value is -3.79. The molecular weight excluding hydrogens is 422 g/mol. The van der Waals surface area contributed by atoms with Crippen molar-refractivity contribution in [1.29, 1.82) is 0 Å². The van der Waals surface area contributed by atoms with Crippen LogP contribution in [0.1, 0.15) is 13.3 Å². The van der Waals surface area contributed by atoms with Crippen LogP contribution in [0.4, 0.5) is 11.5 Å². The maximum absolute atomic E-state index is 12.4. The van der Waals surface area contributed by atoms with Gasteiger partial charge in [-0.2, -0.15) is 0 Å². The van der Waals surface area contributed by atoms with Crippen molar-refractivity contribution in [3.8, 4) is 11.4 Å². The van der Waals surface area contributed by atoms with Crippen molar-refractivity contribution in [3.63, 3.8) is 0 Å². The van der Waals surface area contributed by atoms with E-state index in [2.05, 4.69) is 37.2 Å². The van der Waals surface area contributed by atoms with Crippen LogP contribution in [-0.4, -0.2) is 56.8 Å². The van der Waals surface area contributed by atoms with Gasteiger partial charge in [-0.15, -0.1) is 5.10 Å². The highest BCUT2D eigenvalue weighted by Gasteiger charge is 2.39. The van der Waals surface area contributed by atoms with Crippen LogP contribution in [0.5, 0.6) is 0 Å². The largest absolute Gasteiger partial charge is 0.378 e. The van der Waals surface area contributed by atoms with Crippen LogP contribution in [-0.2, 0) is 9.53 Å². The van der Waals surface area contributed by atoms with Crippen molar-refractivity contribution in [2.24, 2.45) is 11.8 Å². The number of aromatic nitrogens is 5. The van der Waals surface area contributed by atoms with E-state index >= 15 is 0 Å². The molecule has 1 saturated carbocycles. The summed E-state index contributed by atoms with van der Waals surface area (Å²) in [6.45, 7) is 5.12. The first-order chi connectivity index (χ1) is 16.1. The molecule has 168 valence electrons. The molecule has 4 aromatic rings. The van der Waals surface area contributed by atoms with E-state index in [-0.39, 0.29) is 17.4 Å². The fourth-order valence-corrected chi connectivity index (χ4v) is 4.31. The van der Waals surface area contributed by atoms with Crippen LogP contribution in [0.2, 0.25) is 0 Å². The van der Waals surface area contributed by atoms with E-state index in [1.807, 2.05) is 18.3 Å². The lowest BCUT2D eigenvalue weighted by molar-refractivity contribution is -0.117. The molecule has 10 nitrogen and oxygen atoms in total. The smallest absolute Gasteiger partial charge is 0.257 e. The van der Waals surface area contributed by atoms with Gasteiger partial charge in [-0.05, 0) is 30.5 Å². The number of hydrogen-bond acceptors (Lipinski definition) is 7. The van der Waals surface area contributed by atoms with Gasteiger partial charge in [0.2, 0.25) is 5.91 Å². The Labute approximate surface area is 188 Å². The van der Waals surface area contributed by atoms with Crippen molar-refractivity contribution in [2.75, 3.05) is 36.5 Å². The molecule has 2 fully saturated rings. The third-order valence-electron chi connectivity index (χ3n) is 6.42. The van der Waals surface area contributed by atoms with Gasteiger partial charge in [-0.25, -0.2) is 14.5 Å². The minimum atomic E-state index is -0.256. The molecule has 1 amide bonds. The number of aromatic amines is 1. The van der Waals surface area contributed by atoms with Crippen LogP contribution >= 0.6 is 0 Å². The molecule has 1 aliphatic heterocycles. The van der Waals surface area contributed by atoms with Gasteiger partial charge in [-0.3, -0.25) is 9.59 Å². The lowest BCUT2D eigenvalue weighted by Gasteiger charge is -2.28. The standard InChI is InChI=1S/C23H23N7O3/c1-13-8-15(13)23(32)26-19-9-16-17(10-25-22(31)18(16)11-24-19)21-27-20-3-2-14(12-30(20)28-21)29-4-6-33-7-5-29/h2-3,9-13,15H,4-8H2,1H3,(H,25,31)(H,24,26,32)/t13-,15+/m1/s1. The number of carbonyl (C=O) groups excluding carboxylic acids is 1. The van der Waals surface area contributed by atoms with Crippen LogP contribution in [0.25, 0.3) is 27.8 Å². The molecule has 0 radical (unpaired) electrons. The predicted molar refractivity (Wildman–Crippen MR) is 123 cm³/mol. The minimum absolute atomic E-state index is 0.0295. The molecule has 4 aromatic heterocycles. The van der Waals surface area contributed by atoms with E-state index in [1.165, 1.54) is 6.20 Å². The molecule has 0 aromatic carbocycles. The number of ether oxygens (including phenoxy) is 1. The molecular formula is C23H23N7O3. The number of carbonyl (C=O) groups is 1. The van der Waals surface area contributed by atoms with E-state index < -0.39 is 0 Å². The van der Waals surface area contributed by atoms with Gasteiger partial charge in [-0.1, -0.05) is 6.92 Å². The number of anilines is 2. The normalized spacial score (nSPS) is 20.3. The number of fused-ring (bicyclic) bond motifs is 2. The first kappa shape index (κ1) is 19.9. The van der Waals surface area contributed by atoms with Gasteiger partial charge >= 0.3 is 0 Å². The molecule has 1 saturated heterocycles.